The molecule has 1 saturated heterocycles. The monoisotopic (exact) mass is 383 g/mol. The molecule has 3 aromatic rings. The first-order chi connectivity index (χ1) is 13.6. The van der Waals surface area contributed by atoms with Crippen LogP contribution in [-0.4, -0.2) is 59.8 Å². The smallest absolute Gasteiger partial charge is 0.167 e. The Morgan fingerprint density at radius 2 is 1.93 bits per heavy atom. The molecule has 0 saturated carbocycles. The topological polar surface area (TPSA) is 126 Å². The number of benzene rings is 1. The van der Waals surface area contributed by atoms with E-state index in [1.165, 1.54) is 17.2 Å². The Balaban J connectivity index is 1.57. The molecule has 1 aliphatic rings. The molecule has 0 radical (unpaired) electrons. The summed E-state index contributed by atoms with van der Waals surface area (Å²) in [4.78, 5) is 12.8. The van der Waals surface area contributed by atoms with Crippen LogP contribution in [0.2, 0.25) is 0 Å². The van der Waals surface area contributed by atoms with Crippen molar-refractivity contribution in [2.75, 3.05) is 11.9 Å². The van der Waals surface area contributed by atoms with Gasteiger partial charge in [0.2, 0.25) is 0 Å². The Morgan fingerprint density at radius 1 is 1.14 bits per heavy atom. The average molecular weight is 383 g/mol. The molecule has 0 unspecified atom stereocenters. The second kappa shape index (κ2) is 7.64. The van der Waals surface area contributed by atoms with Crippen LogP contribution in [0, 0.1) is 0 Å². The second-order valence-electron chi connectivity index (χ2n) is 6.57. The zero-order chi connectivity index (χ0) is 19.7. The fourth-order valence-corrected chi connectivity index (χ4v) is 3.23. The molecule has 4 atom stereocenters. The number of hydrogen-bond donors (Lipinski definition) is 4. The van der Waals surface area contributed by atoms with Crippen molar-refractivity contribution in [3.05, 3.63) is 54.6 Å². The minimum atomic E-state index is -1.20. The van der Waals surface area contributed by atoms with Gasteiger partial charge in [-0.2, -0.15) is 0 Å². The summed E-state index contributed by atoms with van der Waals surface area (Å²) in [5.41, 5.74) is 3.09. The third-order valence-electron chi connectivity index (χ3n) is 4.83. The van der Waals surface area contributed by atoms with Crippen molar-refractivity contribution in [1.29, 1.82) is 0 Å². The number of nitrogens with one attached hydrogen (secondary N) is 1. The molecule has 4 N–H and O–H groups in total. The SMILES string of the molecule is C=Cc1ccc(CNc2ncnc3c2ncn3[C@@H]2O[C@H](CO)[C@@H](O)[C@H]2O)cc1. The van der Waals surface area contributed by atoms with E-state index in [-0.39, 0.29) is 0 Å². The molecule has 4 rings (SSSR count). The molecular formula is C19H21N5O4. The zero-order valence-electron chi connectivity index (χ0n) is 15.0. The van der Waals surface area contributed by atoms with Gasteiger partial charge < -0.3 is 25.4 Å². The van der Waals surface area contributed by atoms with Crippen LogP contribution in [0.25, 0.3) is 17.2 Å². The van der Waals surface area contributed by atoms with Crippen molar-refractivity contribution in [2.24, 2.45) is 0 Å². The van der Waals surface area contributed by atoms with E-state index in [9.17, 15) is 15.3 Å². The van der Waals surface area contributed by atoms with E-state index in [1.807, 2.05) is 24.3 Å². The van der Waals surface area contributed by atoms with Crippen LogP contribution in [0.3, 0.4) is 0 Å². The molecule has 0 amide bonds. The highest BCUT2D eigenvalue weighted by molar-refractivity contribution is 5.82. The van der Waals surface area contributed by atoms with Gasteiger partial charge in [0.1, 0.15) is 24.6 Å². The molecule has 146 valence electrons. The fourth-order valence-electron chi connectivity index (χ4n) is 3.23. The van der Waals surface area contributed by atoms with E-state index in [0.717, 1.165) is 11.1 Å². The maximum Gasteiger partial charge on any atom is 0.167 e. The highest BCUT2D eigenvalue weighted by Crippen LogP contribution is 2.32. The minimum Gasteiger partial charge on any atom is -0.394 e. The summed E-state index contributed by atoms with van der Waals surface area (Å²) in [6.07, 6.45) is 0.501. The summed E-state index contributed by atoms with van der Waals surface area (Å²) >= 11 is 0. The van der Waals surface area contributed by atoms with Crippen LogP contribution in [0.5, 0.6) is 0 Å². The second-order valence-corrected chi connectivity index (χ2v) is 6.57. The highest BCUT2D eigenvalue weighted by Gasteiger charge is 2.44. The van der Waals surface area contributed by atoms with Crippen LogP contribution in [0.4, 0.5) is 5.82 Å². The van der Waals surface area contributed by atoms with Gasteiger partial charge in [-0.1, -0.05) is 36.9 Å². The molecule has 0 bridgehead atoms. The number of aromatic nitrogens is 4. The van der Waals surface area contributed by atoms with Crippen molar-refractivity contribution in [1.82, 2.24) is 19.5 Å². The number of aliphatic hydroxyl groups is 3. The predicted molar refractivity (Wildman–Crippen MR) is 102 cm³/mol. The average Bonchev–Trinajstić information content (AvgIpc) is 3.28. The van der Waals surface area contributed by atoms with Gasteiger partial charge >= 0.3 is 0 Å². The number of ether oxygens (including phenoxy) is 1. The Labute approximate surface area is 161 Å². The summed E-state index contributed by atoms with van der Waals surface area (Å²) in [6, 6.07) is 7.96. The molecule has 1 aliphatic heterocycles. The minimum absolute atomic E-state index is 0.395. The van der Waals surface area contributed by atoms with Crippen molar-refractivity contribution < 1.29 is 20.1 Å². The highest BCUT2D eigenvalue weighted by atomic mass is 16.6. The Morgan fingerprint density at radius 3 is 2.61 bits per heavy atom. The summed E-state index contributed by atoms with van der Waals surface area (Å²) in [6.45, 7) is 3.89. The first-order valence-corrected chi connectivity index (χ1v) is 8.87. The standard InChI is InChI=1S/C19H21N5O4/c1-2-11-3-5-12(6-4-11)7-20-17-14-18(22-9-21-17)24(10-23-14)19-16(27)15(26)13(8-25)28-19/h2-6,9-10,13,15-16,19,25-27H,1,7-8H2,(H,20,21,22)/t13-,15-,16-,19-/m1/s1. The number of anilines is 1. The number of nitrogens with zero attached hydrogens (tertiary/aromatic N) is 4. The molecule has 28 heavy (non-hydrogen) atoms. The third kappa shape index (κ3) is 3.25. The summed E-state index contributed by atoms with van der Waals surface area (Å²) in [5, 5.41) is 32.8. The van der Waals surface area contributed by atoms with Crippen molar-refractivity contribution in [2.45, 2.75) is 31.1 Å². The Hall–Kier alpha value is -2.85. The van der Waals surface area contributed by atoms with Gasteiger partial charge in [-0.05, 0) is 11.1 Å². The van der Waals surface area contributed by atoms with Gasteiger partial charge in [-0.25, -0.2) is 15.0 Å². The molecule has 3 heterocycles. The van der Waals surface area contributed by atoms with Crippen LogP contribution < -0.4 is 5.32 Å². The summed E-state index contributed by atoms with van der Waals surface area (Å²) in [7, 11) is 0. The van der Waals surface area contributed by atoms with Crippen molar-refractivity contribution >= 4 is 23.1 Å². The van der Waals surface area contributed by atoms with Gasteiger partial charge in [-0.15, -0.1) is 0 Å². The lowest BCUT2D eigenvalue weighted by Gasteiger charge is -2.16. The third-order valence-corrected chi connectivity index (χ3v) is 4.83. The van der Waals surface area contributed by atoms with Gasteiger partial charge in [0.05, 0.1) is 12.9 Å². The first-order valence-electron chi connectivity index (χ1n) is 8.87. The van der Waals surface area contributed by atoms with Crippen LogP contribution in [0.1, 0.15) is 17.4 Å². The van der Waals surface area contributed by atoms with Crippen molar-refractivity contribution in [3.63, 3.8) is 0 Å². The van der Waals surface area contributed by atoms with Crippen LogP contribution in [0.15, 0.2) is 43.5 Å². The quantitative estimate of drug-likeness (QED) is 0.490. The Kier molecular flexibility index (Phi) is 5.05. The summed E-state index contributed by atoms with van der Waals surface area (Å²) in [5.74, 6) is 0.545. The molecule has 2 aromatic heterocycles. The maximum atomic E-state index is 10.3. The number of hydrogen-bond acceptors (Lipinski definition) is 8. The number of rotatable bonds is 6. The lowest BCUT2D eigenvalue weighted by molar-refractivity contribution is -0.0511. The van der Waals surface area contributed by atoms with E-state index in [1.54, 1.807) is 6.08 Å². The first kappa shape index (κ1) is 18.5. The lowest BCUT2D eigenvalue weighted by Crippen LogP contribution is -2.33. The van der Waals surface area contributed by atoms with Gasteiger partial charge in [0, 0.05) is 6.54 Å². The van der Waals surface area contributed by atoms with Gasteiger partial charge in [0.15, 0.2) is 23.2 Å². The van der Waals surface area contributed by atoms with E-state index < -0.39 is 31.1 Å². The van der Waals surface area contributed by atoms with Gasteiger partial charge in [0.25, 0.3) is 0 Å². The van der Waals surface area contributed by atoms with Crippen molar-refractivity contribution in [3.8, 4) is 0 Å². The largest absolute Gasteiger partial charge is 0.394 e. The van der Waals surface area contributed by atoms with E-state index >= 15 is 0 Å². The summed E-state index contributed by atoms with van der Waals surface area (Å²) < 4.78 is 7.10. The molecule has 0 spiro atoms. The Bertz CT molecular complexity index is 974. The zero-order valence-corrected chi connectivity index (χ0v) is 15.0. The maximum absolute atomic E-state index is 10.3. The lowest BCUT2D eigenvalue weighted by atomic mass is 10.1. The fraction of sp³-hybridized carbons (Fsp3) is 0.316. The van der Waals surface area contributed by atoms with Crippen LogP contribution >= 0.6 is 0 Å². The molecular weight excluding hydrogens is 362 g/mol. The van der Waals surface area contributed by atoms with E-state index in [0.29, 0.717) is 23.5 Å². The normalized spacial score (nSPS) is 24.5. The number of aliphatic hydroxyl groups excluding tert-OH is 3. The number of imidazole rings is 1. The molecule has 1 aromatic carbocycles. The number of fused-ring (bicyclic) bond motifs is 1. The van der Waals surface area contributed by atoms with E-state index in [4.69, 9.17) is 4.74 Å². The molecule has 0 aliphatic carbocycles. The molecule has 9 nitrogen and oxygen atoms in total. The van der Waals surface area contributed by atoms with Crippen LogP contribution in [-0.2, 0) is 11.3 Å². The van der Waals surface area contributed by atoms with E-state index in [2.05, 4.69) is 26.8 Å². The van der Waals surface area contributed by atoms with Gasteiger partial charge in [-0.3, -0.25) is 4.57 Å². The predicted octanol–water partition coefficient (Wildman–Crippen LogP) is 0.693. The molecule has 9 heteroatoms. The molecule has 1 fully saturated rings.